The molecule has 34 heavy (non-hydrogen) atoms. The first-order valence-corrected chi connectivity index (χ1v) is 10.4. The summed E-state index contributed by atoms with van der Waals surface area (Å²) in [5.41, 5.74) is 2.41. The van der Waals surface area contributed by atoms with Crippen LogP contribution in [0.1, 0.15) is 37.7 Å². The maximum absolute atomic E-state index is 13.5. The van der Waals surface area contributed by atoms with Crippen molar-refractivity contribution >= 4 is 11.8 Å². The van der Waals surface area contributed by atoms with Crippen LogP contribution in [0.15, 0.2) is 71.3 Å². The molecule has 0 bridgehead atoms. The summed E-state index contributed by atoms with van der Waals surface area (Å²) in [5, 5.41) is 3.97. The molecule has 0 saturated heterocycles. The number of rotatable bonds is 8. The van der Waals surface area contributed by atoms with Crippen LogP contribution in [0.2, 0.25) is 0 Å². The van der Waals surface area contributed by atoms with Gasteiger partial charge in [0.05, 0.1) is 19.8 Å². The number of ether oxygens (including phenoxy) is 3. The van der Waals surface area contributed by atoms with Gasteiger partial charge in [0, 0.05) is 23.6 Å². The Morgan fingerprint density at radius 1 is 0.912 bits per heavy atom. The largest absolute Gasteiger partial charge is 0.493 e. The third kappa shape index (κ3) is 4.80. The Labute approximate surface area is 196 Å². The number of carbonyl (C=O) groups is 2. The van der Waals surface area contributed by atoms with Gasteiger partial charge in [0.1, 0.15) is 6.61 Å². The van der Waals surface area contributed by atoms with Gasteiger partial charge in [-0.15, -0.1) is 0 Å². The molecular weight excluding hydrogens is 436 g/mol. The first kappa shape index (κ1) is 22.7. The average molecular weight is 458 g/mol. The zero-order valence-corrected chi connectivity index (χ0v) is 18.9. The number of benzene rings is 3. The molecule has 0 saturated carbocycles. The summed E-state index contributed by atoms with van der Waals surface area (Å²) in [6.45, 7) is 1.96. The second kappa shape index (κ2) is 9.99. The van der Waals surface area contributed by atoms with E-state index in [1.54, 1.807) is 31.2 Å². The normalized spacial score (nSPS) is 10.6. The smallest absolute Gasteiger partial charge is 0.337 e. The Morgan fingerprint density at radius 3 is 2.24 bits per heavy atom. The molecular formula is C26H22N2O6. The molecule has 8 heteroatoms. The molecule has 4 aromatic rings. The second-order valence-corrected chi connectivity index (χ2v) is 7.36. The summed E-state index contributed by atoms with van der Waals surface area (Å²) in [4.78, 5) is 29.5. The summed E-state index contributed by atoms with van der Waals surface area (Å²) < 4.78 is 21.4. The van der Waals surface area contributed by atoms with Crippen LogP contribution in [0.5, 0.6) is 11.5 Å². The van der Waals surface area contributed by atoms with Crippen molar-refractivity contribution in [2.45, 2.75) is 13.5 Å². The maximum Gasteiger partial charge on any atom is 0.337 e. The number of esters is 1. The van der Waals surface area contributed by atoms with Crippen molar-refractivity contribution in [3.63, 3.8) is 0 Å². The highest BCUT2D eigenvalue weighted by Gasteiger charge is 2.23. The van der Waals surface area contributed by atoms with E-state index < -0.39 is 5.97 Å². The molecule has 0 unspecified atom stereocenters. The maximum atomic E-state index is 13.5. The minimum Gasteiger partial charge on any atom is -0.493 e. The van der Waals surface area contributed by atoms with Gasteiger partial charge in [-0.25, -0.2) is 4.79 Å². The van der Waals surface area contributed by atoms with E-state index >= 15 is 0 Å². The van der Waals surface area contributed by atoms with Gasteiger partial charge in [0.15, 0.2) is 17.3 Å². The van der Waals surface area contributed by atoms with Crippen LogP contribution in [0.25, 0.3) is 11.4 Å². The predicted octanol–water partition coefficient (Wildman–Crippen LogP) is 4.65. The molecule has 4 rings (SSSR count). The molecule has 8 nitrogen and oxygen atoms in total. The van der Waals surface area contributed by atoms with E-state index in [0.29, 0.717) is 46.3 Å². The van der Waals surface area contributed by atoms with Gasteiger partial charge in [0.25, 0.3) is 0 Å². The van der Waals surface area contributed by atoms with E-state index in [4.69, 9.17) is 18.7 Å². The van der Waals surface area contributed by atoms with E-state index in [2.05, 4.69) is 10.1 Å². The highest BCUT2D eigenvalue weighted by Crippen LogP contribution is 2.36. The number of hydrogen-bond acceptors (Lipinski definition) is 8. The monoisotopic (exact) mass is 458 g/mol. The molecule has 1 heterocycles. The Balaban J connectivity index is 1.76. The van der Waals surface area contributed by atoms with Crippen molar-refractivity contribution in [1.82, 2.24) is 10.1 Å². The summed E-state index contributed by atoms with van der Waals surface area (Å²) in [5.74, 6) is 0.638. The molecule has 0 aliphatic heterocycles. The molecule has 0 aliphatic carbocycles. The van der Waals surface area contributed by atoms with Crippen molar-refractivity contribution in [2.24, 2.45) is 0 Å². The van der Waals surface area contributed by atoms with Crippen molar-refractivity contribution in [3.8, 4) is 22.9 Å². The lowest BCUT2D eigenvalue weighted by Crippen LogP contribution is -2.08. The summed E-state index contributed by atoms with van der Waals surface area (Å²) in [6.07, 6.45) is 0. The number of methoxy groups -OCH3 is 2. The van der Waals surface area contributed by atoms with E-state index in [1.807, 2.05) is 30.3 Å². The highest BCUT2D eigenvalue weighted by molar-refractivity contribution is 6.13. The molecule has 0 atom stereocenters. The quantitative estimate of drug-likeness (QED) is 0.278. The lowest BCUT2D eigenvalue weighted by Gasteiger charge is -2.15. The van der Waals surface area contributed by atoms with Crippen LogP contribution in [0, 0.1) is 6.92 Å². The van der Waals surface area contributed by atoms with E-state index in [0.717, 1.165) is 5.56 Å². The number of nitrogens with zero attached hydrogens (tertiary/aromatic N) is 2. The fourth-order valence-electron chi connectivity index (χ4n) is 3.38. The van der Waals surface area contributed by atoms with Gasteiger partial charge < -0.3 is 18.7 Å². The summed E-state index contributed by atoms with van der Waals surface area (Å²) in [6, 6.07) is 19.1. The predicted molar refractivity (Wildman–Crippen MR) is 123 cm³/mol. The Bertz CT molecular complexity index is 1310. The van der Waals surface area contributed by atoms with Crippen molar-refractivity contribution in [1.29, 1.82) is 0 Å². The fourth-order valence-corrected chi connectivity index (χ4v) is 3.38. The van der Waals surface area contributed by atoms with Crippen LogP contribution in [-0.4, -0.2) is 36.1 Å². The minimum atomic E-state index is -0.483. The Hall–Kier alpha value is -4.46. The molecule has 0 fully saturated rings. The SMILES string of the molecule is COC(=O)c1ccc(C(=O)c2cc(OCc3ccccc3)c(OC)cc2-c2noc(C)n2)cc1. The second-order valence-electron chi connectivity index (χ2n) is 7.36. The van der Waals surface area contributed by atoms with Crippen molar-refractivity contribution in [2.75, 3.05) is 14.2 Å². The molecule has 0 aliphatic rings. The van der Waals surface area contributed by atoms with Crippen LogP contribution in [0.3, 0.4) is 0 Å². The highest BCUT2D eigenvalue weighted by atomic mass is 16.5. The summed E-state index contributed by atoms with van der Waals surface area (Å²) in [7, 11) is 2.82. The van der Waals surface area contributed by atoms with Gasteiger partial charge in [-0.3, -0.25) is 4.79 Å². The molecule has 0 radical (unpaired) electrons. The Kier molecular flexibility index (Phi) is 6.68. The van der Waals surface area contributed by atoms with Gasteiger partial charge in [-0.1, -0.05) is 47.6 Å². The molecule has 172 valence electrons. The molecule has 0 amide bonds. The van der Waals surface area contributed by atoms with E-state index in [-0.39, 0.29) is 11.6 Å². The number of carbonyl (C=O) groups excluding carboxylic acids is 2. The lowest BCUT2D eigenvalue weighted by molar-refractivity contribution is 0.0600. The molecule has 0 N–H and O–H groups in total. The number of aryl methyl sites for hydroxylation is 1. The lowest BCUT2D eigenvalue weighted by atomic mass is 9.96. The molecule has 1 aromatic heterocycles. The molecule has 3 aromatic carbocycles. The number of hydrogen-bond donors (Lipinski definition) is 0. The summed E-state index contributed by atoms with van der Waals surface area (Å²) >= 11 is 0. The number of aromatic nitrogens is 2. The first-order chi connectivity index (χ1) is 16.5. The first-order valence-electron chi connectivity index (χ1n) is 10.4. The third-order valence-corrected chi connectivity index (χ3v) is 5.12. The van der Waals surface area contributed by atoms with E-state index in [1.165, 1.54) is 26.4 Å². The van der Waals surface area contributed by atoms with E-state index in [9.17, 15) is 9.59 Å². The van der Waals surface area contributed by atoms with Crippen LogP contribution in [-0.2, 0) is 11.3 Å². The molecule has 0 spiro atoms. The third-order valence-electron chi connectivity index (χ3n) is 5.12. The van der Waals surface area contributed by atoms with Gasteiger partial charge in [-0.05, 0) is 29.8 Å². The minimum absolute atomic E-state index is 0.250. The van der Waals surface area contributed by atoms with Gasteiger partial charge >= 0.3 is 5.97 Å². The van der Waals surface area contributed by atoms with Gasteiger partial charge in [0.2, 0.25) is 11.7 Å². The zero-order chi connectivity index (χ0) is 24.1. The standard InChI is InChI=1S/C26H22N2O6/c1-16-27-25(28-34-16)21-14-22(31-2)23(33-15-17-7-5-4-6-8-17)13-20(21)24(29)18-9-11-19(12-10-18)26(30)32-3/h4-14H,15H2,1-3H3. The average Bonchev–Trinajstić information content (AvgIpc) is 3.32. The van der Waals surface area contributed by atoms with Crippen LogP contribution >= 0.6 is 0 Å². The zero-order valence-electron chi connectivity index (χ0n) is 18.9. The van der Waals surface area contributed by atoms with Crippen molar-refractivity contribution in [3.05, 3.63) is 94.9 Å². The van der Waals surface area contributed by atoms with Crippen molar-refractivity contribution < 1.29 is 28.3 Å². The Morgan fingerprint density at radius 2 is 1.62 bits per heavy atom. The van der Waals surface area contributed by atoms with Crippen LogP contribution < -0.4 is 9.47 Å². The van der Waals surface area contributed by atoms with Crippen LogP contribution in [0.4, 0.5) is 0 Å². The van der Waals surface area contributed by atoms with Gasteiger partial charge in [-0.2, -0.15) is 4.98 Å². The topological polar surface area (TPSA) is 101 Å². The fraction of sp³-hybridized carbons (Fsp3) is 0.154. The number of ketones is 1.